The number of allylic oxidation sites excluding steroid dienone is 4. The Hall–Kier alpha value is -3.72. The fraction of sp³-hybridized carbons (Fsp3) is 0.143. The summed E-state index contributed by atoms with van der Waals surface area (Å²) in [5.41, 5.74) is 6.53. The minimum atomic E-state index is -0.476. The van der Waals surface area contributed by atoms with E-state index in [2.05, 4.69) is 10.1 Å². The highest BCUT2D eigenvalue weighted by Crippen LogP contribution is 2.22. The van der Waals surface area contributed by atoms with Crippen molar-refractivity contribution in [3.8, 4) is 5.75 Å². The first-order valence-corrected chi connectivity index (χ1v) is 10.0. The highest BCUT2D eigenvalue weighted by Gasteiger charge is 2.16. The van der Waals surface area contributed by atoms with Gasteiger partial charge in [0, 0.05) is 0 Å². The molecule has 0 radical (unpaired) electrons. The first kappa shape index (κ1) is 19.6. The van der Waals surface area contributed by atoms with E-state index >= 15 is 0 Å². The van der Waals surface area contributed by atoms with Crippen LogP contribution in [0.2, 0.25) is 0 Å². The molecule has 3 aromatic rings. The Bertz CT molecular complexity index is 1260. The normalized spacial score (nSPS) is 14.9. The number of hydrogen-bond acceptors (Lipinski definition) is 8. The Labute approximate surface area is 175 Å². The maximum Gasteiger partial charge on any atom is 0.283 e. The minimum absolute atomic E-state index is 0.163. The van der Waals surface area contributed by atoms with Gasteiger partial charge in [-0.05, 0) is 42.9 Å². The monoisotopic (exact) mass is 422 g/mol. The number of ether oxygens (including phenoxy) is 2. The van der Waals surface area contributed by atoms with Gasteiger partial charge in [0.2, 0.25) is 10.7 Å². The molecule has 0 saturated heterocycles. The van der Waals surface area contributed by atoms with Crippen molar-refractivity contribution in [1.82, 2.24) is 14.6 Å². The van der Waals surface area contributed by atoms with Gasteiger partial charge in [0.15, 0.2) is 10.8 Å². The Morgan fingerprint density at radius 2 is 1.97 bits per heavy atom. The number of nitrogen functional groups attached to an aromatic ring is 1. The van der Waals surface area contributed by atoms with Gasteiger partial charge in [-0.25, -0.2) is 0 Å². The lowest BCUT2D eigenvalue weighted by atomic mass is 10.0. The van der Waals surface area contributed by atoms with Crippen molar-refractivity contribution >= 4 is 34.0 Å². The lowest BCUT2D eigenvalue weighted by molar-refractivity contribution is -0.114. The Balaban J connectivity index is 1.66. The fourth-order valence-corrected chi connectivity index (χ4v) is 3.63. The molecule has 152 valence electrons. The third kappa shape index (κ3) is 4.01. The van der Waals surface area contributed by atoms with Gasteiger partial charge in [0.25, 0.3) is 5.56 Å². The number of carbonyl (C=O) groups excluding carboxylic acids is 1. The second-order valence-corrected chi connectivity index (χ2v) is 7.33. The zero-order valence-electron chi connectivity index (χ0n) is 16.1. The Morgan fingerprint density at radius 1 is 1.17 bits per heavy atom. The first-order valence-electron chi connectivity index (χ1n) is 9.20. The van der Waals surface area contributed by atoms with Crippen LogP contribution in [-0.4, -0.2) is 27.0 Å². The van der Waals surface area contributed by atoms with Crippen LogP contribution in [0.4, 0.5) is 5.82 Å². The zero-order valence-corrected chi connectivity index (χ0v) is 16.9. The number of hydrogen-bond donors (Lipinski definition) is 1. The number of nitrogens with zero attached hydrogens (tertiary/aromatic N) is 3. The number of benzene rings is 1. The number of nitrogens with two attached hydrogens (primary N) is 1. The molecule has 2 N–H and O–H groups in total. The van der Waals surface area contributed by atoms with Gasteiger partial charge >= 0.3 is 0 Å². The van der Waals surface area contributed by atoms with Gasteiger partial charge in [0.05, 0.1) is 12.2 Å². The van der Waals surface area contributed by atoms with Crippen LogP contribution in [0.15, 0.2) is 64.7 Å². The summed E-state index contributed by atoms with van der Waals surface area (Å²) in [7, 11) is 0. The van der Waals surface area contributed by atoms with E-state index in [4.69, 9.17) is 15.2 Å². The Morgan fingerprint density at radius 3 is 2.73 bits per heavy atom. The number of aromatic nitrogens is 3. The van der Waals surface area contributed by atoms with Gasteiger partial charge in [0.1, 0.15) is 18.2 Å². The molecule has 0 fully saturated rings. The summed E-state index contributed by atoms with van der Waals surface area (Å²) in [4.78, 5) is 28.8. The van der Waals surface area contributed by atoms with Gasteiger partial charge in [-0.15, -0.1) is 0 Å². The van der Waals surface area contributed by atoms with Crippen LogP contribution in [0.25, 0.3) is 11.0 Å². The van der Waals surface area contributed by atoms with Crippen LogP contribution in [0, 0.1) is 0 Å². The average Bonchev–Trinajstić information content (AvgIpc) is 3.16. The van der Waals surface area contributed by atoms with Gasteiger partial charge in [-0.3, -0.25) is 9.59 Å². The molecule has 9 heteroatoms. The topological polar surface area (TPSA) is 109 Å². The fourth-order valence-electron chi connectivity index (χ4n) is 2.83. The largest absolute Gasteiger partial charge is 0.490 e. The second-order valence-electron chi connectivity index (χ2n) is 6.29. The summed E-state index contributed by atoms with van der Waals surface area (Å²) in [6.45, 7) is 2.39. The average molecular weight is 422 g/mol. The van der Waals surface area contributed by atoms with Crippen molar-refractivity contribution in [2.24, 2.45) is 0 Å². The summed E-state index contributed by atoms with van der Waals surface area (Å²) < 4.78 is 12.5. The van der Waals surface area contributed by atoms with Crippen LogP contribution in [0.1, 0.15) is 17.5 Å². The third-order valence-electron chi connectivity index (χ3n) is 4.22. The van der Waals surface area contributed by atoms with Gasteiger partial charge in [-0.2, -0.15) is 14.6 Å². The van der Waals surface area contributed by atoms with Gasteiger partial charge < -0.3 is 15.2 Å². The molecule has 1 aromatic carbocycles. The molecule has 0 bridgehead atoms. The predicted molar refractivity (Wildman–Crippen MR) is 114 cm³/mol. The summed E-state index contributed by atoms with van der Waals surface area (Å²) in [5, 5.41) is 5.05. The molecule has 0 saturated carbocycles. The lowest BCUT2D eigenvalue weighted by Crippen LogP contribution is -2.17. The van der Waals surface area contributed by atoms with Crippen molar-refractivity contribution in [2.45, 2.75) is 13.5 Å². The van der Waals surface area contributed by atoms with Crippen molar-refractivity contribution in [3.63, 3.8) is 0 Å². The molecule has 2 aromatic heterocycles. The second kappa shape index (κ2) is 8.34. The number of ketones is 1. The van der Waals surface area contributed by atoms with E-state index in [1.807, 2.05) is 30.3 Å². The number of para-hydroxylation sites is 1. The van der Waals surface area contributed by atoms with Crippen LogP contribution in [0.3, 0.4) is 0 Å². The van der Waals surface area contributed by atoms with Gasteiger partial charge in [-0.1, -0.05) is 35.6 Å². The van der Waals surface area contributed by atoms with E-state index in [1.165, 1.54) is 21.9 Å². The molecule has 1 aliphatic carbocycles. The van der Waals surface area contributed by atoms with E-state index in [0.717, 1.165) is 0 Å². The standard InChI is InChI=1S/C21H18N4O4S/c1-2-28-17-11-13(8-9-16(17)26)10-15-19(22)25-21(23-20(15)27)30-18(24-25)12-29-14-6-4-3-5-7-14/h3-11H,2,12,22H2,1H3/b13-10+. The molecule has 8 nitrogen and oxygen atoms in total. The number of anilines is 1. The highest BCUT2D eigenvalue weighted by atomic mass is 32.1. The van der Waals surface area contributed by atoms with E-state index in [1.54, 1.807) is 25.2 Å². The van der Waals surface area contributed by atoms with Crippen LogP contribution in [-0.2, 0) is 16.1 Å². The number of rotatable bonds is 6. The van der Waals surface area contributed by atoms with Crippen molar-refractivity contribution < 1.29 is 14.3 Å². The molecule has 4 rings (SSSR count). The van der Waals surface area contributed by atoms with E-state index in [9.17, 15) is 9.59 Å². The SMILES string of the molecule is CCOC1=C/C(=C/c2c(N)n3nc(COc4ccccc4)sc3nc2=O)C=CC1=O. The summed E-state index contributed by atoms with van der Waals surface area (Å²) in [6, 6.07) is 9.36. The molecule has 0 unspecified atom stereocenters. The van der Waals surface area contributed by atoms with E-state index < -0.39 is 5.56 Å². The smallest absolute Gasteiger partial charge is 0.283 e. The number of fused-ring (bicyclic) bond motifs is 1. The van der Waals surface area contributed by atoms with Crippen molar-refractivity contribution in [2.75, 3.05) is 12.3 Å². The van der Waals surface area contributed by atoms with E-state index in [0.29, 0.717) is 27.9 Å². The summed E-state index contributed by atoms with van der Waals surface area (Å²) in [5.74, 6) is 0.868. The molecule has 2 heterocycles. The quantitative estimate of drug-likeness (QED) is 0.650. The first-order chi connectivity index (χ1) is 14.5. The molecule has 1 aliphatic rings. The van der Waals surface area contributed by atoms with E-state index in [-0.39, 0.29) is 29.5 Å². The highest BCUT2D eigenvalue weighted by molar-refractivity contribution is 7.16. The molecular weight excluding hydrogens is 404 g/mol. The molecule has 0 aliphatic heterocycles. The maximum absolute atomic E-state index is 12.5. The third-order valence-corrected chi connectivity index (χ3v) is 5.10. The molecule has 0 atom stereocenters. The predicted octanol–water partition coefficient (Wildman–Crippen LogP) is 2.75. The number of carbonyl (C=O) groups is 1. The summed E-state index contributed by atoms with van der Waals surface area (Å²) >= 11 is 1.23. The summed E-state index contributed by atoms with van der Waals surface area (Å²) in [6.07, 6.45) is 6.12. The molecular formula is C21H18N4O4S. The van der Waals surface area contributed by atoms with Crippen molar-refractivity contribution in [3.05, 3.63) is 80.8 Å². The minimum Gasteiger partial charge on any atom is -0.490 e. The van der Waals surface area contributed by atoms with Crippen LogP contribution < -0.4 is 16.0 Å². The Kier molecular flexibility index (Phi) is 5.44. The van der Waals surface area contributed by atoms with Crippen molar-refractivity contribution in [1.29, 1.82) is 0 Å². The molecule has 30 heavy (non-hydrogen) atoms. The molecule has 0 spiro atoms. The van der Waals surface area contributed by atoms with Crippen LogP contribution in [0.5, 0.6) is 5.75 Å². The lowest BCUT2D eigenvalue weighted by Gasteiger charge is -2.10. The maximum atomic E-state index is 12.5. The van der Waals surface area contributed by atoms with Crippen LogP contribution >= 0.6 is 11.3 Å². The zero-order chi connectivity index (χ0) is 21.1. The molecule has 0 amide bonds.